The minimum atomic E-state index is -4.67. The van der Waals surface area contributed by atoms with Crippen LogP contribution >= 0.6 is 23.2 Å². The zero-order valence-electron chi connectivity index (χ0n) is 12.8. The minimum absolute atomic E-state index is 0.148. The first kappa shape index (κ1) is 18.3. The van der Waals surface area contributed by atoms with E-state index in [4.69, 9.17) is 27.6 Å². The smallest absolute Gasteiger partial charge is 0.431 e. The summed E-state index contributed by atoms with van der Waals surface area (Å²) in [4.78, 5) is 16.4. The minimum Gasteiger partial charge on any atom is -0.457 e. The molecular formula is C17H9Cl2F3N2O2. The van der Waals surface area contributed by atoms with E-state index in [-0.39, 0.29) is 5.69 Å². The number of aromatic amines is 1. The van der Waals surface area contributed by atoms with Gasteiger partial charge in [-0.25, -0.2) is 4.79 Å². The normalized spacial score (nSPS) is 12.0. The van der Waals surface area contributed by atoms with Crippen LogP contribution in [0.25, 0.3) is 23.5 Å². The van der Waals surface area contributed by atoms with Crippen molar-refractivity contribution >= 4 is 35.4 Å². The summed E-state index contributed by atoms with van der Waals surface area (Å²) in [5, 5.41) is 0.877. The Morgan fingerprint density at radius 1 is 1.04 bits per heavy atom. The molecule has 0 radical (unpaired) electrons. The van der Waals surface area contributed by atoms with Gasteiger partial charge in [-0.3, -0.25) is 0 Å². The van der Waals surface area contributed by atoms with Crippen molar-refractivity contribution in [2.75, 3.05) is 0 Å². The Hall–Kier alpha value is -2.51. The first-order valence-corrected chi connectivity index (χ1v) is 7.89. The van der Waals surface area contributed by atoms with Crippen molar-refractivity contribution in [3.8, 4) is 11.3 Å². The molecule has 9 heteroatoms. The average Bonchev–Trinajstić information content (AvgIpc) is 3.00. The summed E-state index contributed by atoms with van der Waals surface area (Å²) < 4.78 is 43.7. The molecule has 4 nitrogen and oxygen atoms in total. The number of alkyl halides is 3. The summed E-state index contributed by atoms with van der Waals surface area (Å²) in [5.74, 6) is 0.829. The van der Waals surface area contributed by atoms with Gasteiger partial charge in [-0.2, -0.15) is 18.2 Å². The predicted molar refractivity (Wildman–Crippen MR) is 93.0 cm³/mol. The second-order valence-corrected chi connectivity index (χ2v) is 6.09. The van der Waals surface area contributed by atoms with E-state index in [0.29, 0.717) is 27.1 Å². The lowest BCUT2D eigenvalue weighted by Crippen LogP contribution is -2.19. The first-order valence-electron chi connectivity index (χ1n) is 7.14. The van der Waals surface area contributed by atoms with E-state index in [2.05, 4.69) is 4.98 Å². The average molecular weight is 401 g/mol. The zero-order valence-corrected chi connectivity index (χ0v) is 14.3. The molecule has 0 fully saturated rings. The highest BCUT2D eigenvalue weighted by Crippen LogP contribution is 2.29. The molecule has 2 aromatic heterocycles. The molecule has 26 heavy (non-hydrogen) atoms. The van der Waals surface area contributed by atoms with Crippen LogP contribution < -0.4 is 5.69 Å². The van der Waals surface area contributed by atoms with E-state index in [0.717, 1.165) is 6.07 Å². The molecule has 0 atom stereocenters. The fraction of sp³-hybridized carbons (Fsp3) is 0.0588. The second-order valence-electron chi connectivity index (χ2n) is 5.22. The van der Waals surface area contributed by atoms with Crippen molar-refractivity contribution in [3.05, 3.63) is 74.1 Å². The number of hydrogen-bond donors (Lipinski definition) is 1. The highest BCUT2D eigenvalue weighted by Gasteiger charge is 2.32. The zero-order chi connectivity index (χ0) is 18.9. The van der Waals surface area contributed by atoms with Crippen LogP contribution in [0, 0.1) is 0 Å². The van der Waals surface area contributed by atoms with Crippen LogP contribution in [0.2, 0.25) is 10.0 Å². The van der Waals surface area contributed by atoms with Crippen LogP contribution in [0.3, 0.4) is 0 Å². The van der Waals surface area contributed by atoms with Gasteiger partial charge in [-0.15, -0.1) is 0 Å². The van der Waals surface area contributed by atoms with Crippen molar-refractivity contribution in [3.63, 3.8) is 0 Å². The maximum Gasteiger partial charge on any atom is 0.431 e. The summed E-state index contributed by atoms with van der Waals surface area (Å²) in [6, 6.07) is 8.90. The molecule has 0 spiro atoms. The van der Waals surface area contributed by atoms with Gasteiger partial charge in [-0.1, -0.05) is 23.2 Å². The largest absolute Gasteiger partial charge is 0.457 e. The van der Waals surface area contributed by atoms with Gasteiger partial charge in [0.2, 0.25) is 0 Å². The van der Waals surface area contributed by atoms with Crippen molar-refractivity contribution in [2.24, 2.45) is 0 Å². The molecule has 0 unspecified atom stereocenters. The Morgan fingerprint density at radius 3 is 2.38 bits per heavy atom. The number of rotatable bonds is 3. The van der Waals surface area contributed by atoms with E-state index in [1.807, 2.05) is 0 Å². The van der Waals surface area contributed by atoms with Crippen LogP contribution in [0.5, 0.6) is 0 Å². The van der Waals surface area contributed by atoms with Crippen LogP contribution in [0.1, 0.15) is 17.1 Å². The Morgan fingerprint density at radius 2 is 1.73 bits per heavy atom. The van der Waals surface area contributed by atoms with Gasteiger partial charge in [0.15, 0.2) is 0 Å². The van der Waals surface area contributed by atoms with Gasteiger partial charge in [0.1, 0.15) is 17.2 Å². The van der Waals surface area contributed by atoms with Crippen LogP contribution in [-0.2, 0) is 6.18 Å². The van der Waals surface area contributed by atoms with E-state index in [1.165, 1.54) is 12.2 Å². The number of nitrogens with one attached hydrogen (secondary N) is 1. The molecule has 0 bridgehead atoms. The van der Waals surface area contributed by atoms with Crippen molar-refractivity contribution in [1.29, 1.82) is 0 Å². The Labute approximate surface area is 154 Å². The molecular weight excluding hydrogens is 392 g/mol. The van der Waals surface area contributed by atoms with Gasteiger partial charge in [-0.05, 0) is 48.6 Å². The maximum absolute atomic E-state index is 12.7. The highest BCUT2D eigenvalue weighted by molar-refractivity contribution is 6.35. The summed E-state index contributed by atoms with van der Waals surface area (Å²) in [7, 11) is 0. The van der Waals surface area contributed by atoms with Crippen LogP contribution in [0.4, 0.5) is 13.2 Å². The van der Waals surface area contributed by atoms with Gasteiger partial charge in [0.25, 0.3) is 0 Å². The molecule has 0 aliphatic carbocycles. The van der Waals surface area contributed by atoms with Gasteiger partial charge in [0.05, 0.1) is 5.69 Å². The number of aromatic nitrogens is 2. The molecule has 0 aliphatic heterocycles. The van der Waals surface area contributed by atoms with Gasteiger partial charge in [0, 0.05) is 15.6 Å². The monoisotopic (exact) mass is 400 g/mol. The van der Waals surface area contributed by atoms with E-state index >= 15 is 0 Å². The quantitative estimate of drug-likeness (QED) is 0.628. The fourth-order valence-electron chi connectivity index (χ4n) is 2.18. The Balaban J connectivity index is 1.88. The van der Waals surface area contributed by atoms with E-state index in [1.54, 1.807) is 35.3 Å². The SMILES string of the molecule is O=c1nc(/C=C/c2ccc(-c3cc(Cl)cc(Cl)c3)o2)cc(C(F)(F)F)[nH]1. The standard InChI is InChI=1S/C17H9Cl2F3N2O2/c18-10-5-9(6-11(19)7-10)14-4-3-13(26-14)2-1-12-8-15(17(20,21)22)24-16(25)23-12/h1-8H,(H,23,24,25)/b2-1+. The lowest BCUT2D eigenvalue weighted by molar-refractivity contribution is -0.141. The highest BCUT2D eigenvalue weighted by atomic mass is 35.5. The molecule has 0 amide bonds. The topological polar surface area (TPSA) is 58.9 Å². The molecule has 1 N–H and O–H groups in total. The number of benzene rings is 1. The second kappa shape index (κ2) is 7.01. The lowest BCUT2D eigenvalue weighted by Gasteiger charge is -2.05. The number of furan rings is 1. The van der Waals surface area contributed by atoms with Crippen LogP contribution in [-0.4, -0.2) is 9.97 Å². The van der Waals surface area contributed by atoms with Crippen molar-refractivity contribution < 1.29 is 17.6 Å². The third-order valence-electron chi connectivity index (χ3n) is 3.26. The van der Waals surface area contributed by atoms with Crippen molar-refractivity contribution in [1.82, 2.24) is 9.97 Å². The maximum atomic E-state index is 12.7. The molecule has 2 heterocycles. The number of nitrogens with zero attached hydrogens (tertiary/aromatic N) is 1. The molecule has 0 saturated heterocycles. The number of halogens is 5. The summed E-state index contributed by atoms with van der Waals surface area (Å²) in [5.41, 5.74) is -1.76. The molecule has 134 valence electrons. The Kier molecular flexibility index (Phi) is 4.93. The molecule has 0 aliphatic rings. The van der Waals surface area contributed by atoms with Crippen LogP contribution in [0.15, 0.2) is 45.6 Å². The summed E-state index contributed by atoms with van der Waals surface area (Å²) >= 11 is 11.9. The molecule has 3 aromatic rings. The van der Waals surface area contributed by atoms with Gasteiger partial charge >= 0.3 is 11.9 Å². The fourth-order valence-corrected chi connectivity index (χ4v) is 2.70. The van der Waals surface area contributed by atoms with Gasteiger partial charge < -0.3 is 9.40 Å². The molecule has 0 saturated carbocycles. The van der Waals surface area contributed by atoms with E-state index < -0.39 is 17.6 Å². The Bertz CT molecular complexity index is 1020. The molecule has 1 aromatic carbocycles. The third-order valence-corrected chi connectivity index (χ3v) is 3.70. The number of H-pyrrole nitrogens is 1. The first-order chi connectivity index (χ1) is 12.2. The third kappa shape index (κ3) is 4.36. The summed E-state index contributed by atoms with van der Waals surface area (Å²) in [6.45, 7) is 0. The van der Waals surface area contributed by atoms with E-state index in [9.17, 15) is 18.0 Å². The summed E-state index contributed by atoms with van der Waals surface area (Å²) in [6.07, 6.45) is -2.02. The van der Waals surface area contributed by atoms with Crippen molar-refractivity contribution in [2.45, 2.75) is 6.18 Å². The lowest BCUT2D eigenvalue weighted by atomic mass is 10.2. The molecule has 3 rings (SSSR count). The number of hydrogen-bond acceptors (Lipinski definition) is 3. The predicted octanol–water partition coefficient (Wildman–Crippen LogP) is 5.53.